The van der Waals surface area contributed by atoms with Gasteiger partial charge in [-0.05, 0) is 12.1 Å². The van der Waals surface area contributed by atoms with Crippen LogP contribution >= 0.6 is 11.3 Å². The number of thiophene rings is 1. The van der Waals surface area contributed by atoms with Gasteiger partial charge in [0, 0.05) is 10.1 Å². The molecule has 2 aromatic rings. The minimum absolute atomic E-state index is 0.182. The van der Waals surface area contributed by atoms with Gasteiger partial charge in [-0.2, -0.15) is 0 Å². The SMILES string of the molecule is NS(=O)(=O)c1sc2ccccc2c1O. The molecule has 2 rings (SSSR count). The van der Waals surface area contributed by atoms with Crippen molar-refractivity contribution in [2.75, 3.05) is 0 Å². The molecule has 6 heteroatoms. The molecule has 14 heavy (non-hydrogen) atoms. The maximum atomic E-state index is 11.1. The van der Waals surface area contributed by atoms with Crippen LogP contribution in [0.2, 0.25) is 0 Å². The quantitative estimate of drug-likeness (QED) is 0.772. The summed E-state index contributed by atoms with van der Waals surface area (Å²) in [6.45, 7) is 0. The van der Waals surface area contributed by atoms with Gasteiger partial charge in [0.1, 0.15) is 0 Å². The Morgan fingerprint density at radius 3 is 2.50 bits per heavy atom. The van der Waals surface area contributed by atoms with Gasteiger partial charge in [0.05, 0.1) is 0 Å². The number of primary sulfonamides is 1. The lowest BCUT2D eigenvalue weighted by atomic mass is 10.2. The van der Waals surface area contributed by atoms with E-state index in [1.54, 1.807) is 24.3 Å². The number of fused-ring (bicyclic) bond motifs is 1. The van der Waals surface area contributed by atoms with Gasteiger partial charge in [-0.25, -0.2) is 13.6 Å². The highest BCUT2D eigenvalue weighted by Gasteiger charge is 2.19. The van der Waals surface area contributed by atoms with E-state index in [2.05, 4.69) is 0 Å². The highest BCUT2D eigenvalue weighted by Crippen LogP contribution is 2.38. The second-order valence-electron chi connectivity index (χ2n) is 2.78. The molecular formula is C8H7NO3S2. The predicted octanol–water partition coefficient (Wildman–Crippen LogP) is 1.25. The number of sulfonamides is 1. The average molecular weight is 229 g/mol. The summed E-state index contributed by atoms with van der Waals surface area (Å²) in [5.41, 5.74) is 0. The Labute approximate surface area is 84.6 Å². The van der Waals surface area contributed by atoms with Crippen LogP contribution in [0, 0.1) is 0 Å². The van der Waals surface area contributed by atoms with Crippen LogP contribution in [-0.2, 0) is 10.0 Å². The van der Waals surface area contributed by atoms with Crippen molar-refractivity contribution in [1.29, 1.82) is 0 Å². The molecule has 0 radical (unpaired) electrons. The van der Waals surface area contributed by atoms with Crippen molar-refractivity contribution in [3.8, 4) is 5.75 Å². The molecule has 0 amide bonds. The molecule has 0 spiro atoms. The van der Waals surface area contributed by atoms with E-state index in [4.69, 9.17) is 5.14 Å². The predicted molar refractivity (Wildman–Crippen MR) is 54.9 cm³/mol. The number of aromatic hydroxyl groups is 1. The number of hydrogen-bond acceptors (Lipinski definition) is 4. The molecule has 0 aliphatic rings. The van der Waals surface area contributed by atoms with Crippen molar-refractivity contribution in [3.05, 3.63) is 24.3 Å². The van der Waals surface area contributed by atoms with Crippen LogP contribution in [0.25, 0.3) is 10.1 Å². The Bertz CT molecular complexity index is 586. The van der Waals surface area contributed by atoms with Crippen molar-refractivity contribution < 1.29 is 13.5 Å². The lowest BCUT2D eigenvalue weighted by molar-refractivity contribution is 0.470. The van der Waals surface area contributed by atoms with Gasteiger partial charge < -0.3 is 5.11 Å². The van der Waals surface area contributed by atoms with E-state index in [0.717, 1.165) is 11.3 Å². The van der Waals surface area contributed by atoms with Crippen molar-refractivity contribution >= 4 is 31.4 Å². The average Bonchev–Trinajstić information content (AvgIpc) is 2.44. The molecular weight excluding hydrogens is 222 g/mol. The molecule has 3 N–H and O–H groups in total. The third-order valence-electron chi connectivity index (χ3n) is 1.80. The van der Waals surface area contributed by atoms with Gasteiger partial charge in [0.2, 0.25) is 0 Å². The van der Waals surface area contributed by atoms with Crippen LogP contribution < -0.4 is 5.14 Å². The molecule has 1 aromatic heterocycles. The first-order valence-electron chi connectivity index (χ1n) is 3.73. The lowest BCUT2D eigenvalue weighted by Crippen LogP contribution is -2.10. The van der Waals surface area contributed by atoms with Crippen molar-refractivity contribution in [3.63, 3.8) is 0 Å². The monoisotopic (exact) mass is 229 g/mol. The highest BCUT2D eigenvalue weighted by molar-refractivity contribution is 7.91. The number of hydrogen-bond donors (Lipinski definition) is 2. The Balaban J connectivity index is 2.89. The smallest absolute Gasteiger partial charge is 0.251 e. The fraction of sp³-hybridized carbons (Fsp3) is 0. The van der Waals surface area contributed by atoms with Gasteiger partial charge in [-0.3, -0.25) is 0 Å². The lowest BCUT2D eigenvalue weighted by Gasteiger charge is -1.92. The van der Waals surface area contributed by atoms with Crippen LogP contribution in [-0.4, -0.2) is 13.5 Å². The summed E-state index contributed by atoms with van der Waals surface area (Å²) in [5, 5.41) is 15.0. The third-order valence-corrected chi connectivity index (χ3v) is 4.41. The van der Waals surface area contributed by atoms with Crippen LogP contribution in [0.3, 0.4) is 0 Å². The van der Waals surface area contributed by atoms with Crippen LogP contribution in [0.15, 0.2) is 28.5 Å². The normalized spacial score (nSPS) is 12.1. The fourth-order valence-corrected chi connectivity index (χ4v) is 3.14. The fourth-order valence-electron chi connectivity index (χ4n) is 1.20. The molecule has 4 nitrogen and oxygen atoms in total. The molecule has 0 saturated heterocycles. The van der Waals surface area contributed by atoms with E-state index < -0.39 is 10.0 Å². The maximum absolute atomic E-state index is 11.1. The maximum Gasteiger partial charge on any atom is 0.251 e. The Morgan fingerprint density at radius 2 is 1.93 bits per heavy atom. The standard InChI is InChI=1S/C8H7NO3S2/c9-14(11,12)8-7(10)5-3-1-2-4-6(5)13-8/h1-4,10H,(H2,9,11,12). The number of benzene rings is 1. The molecule has 0 aliphatic carbocycles. The zero-order valence-electron chi connectivity index (χ0n) is 6.97. The van der Waals surface area contributed by atoms with E-state index in [1.807, 2.05) is 0 Å². The summed E-state index contributed by atoms with van der Waals surface area (Å²) in [4.78, 5) is 0. The third kappa shape index (κ3) is 1.37. The largest absolute Gasteiger partial charge is 0.505 e. The van der Waals surface area contributed by atoms with Gasteiger partial charge in [-0.15, -0.1) is 11.3 Å². The molecule has 0 atom stereocenters. The molecule has 1 aromatic carbocycles. The zero-order chi connectivity index (χ0) is 10.3. The van der Waals surface area contributed by atoms with E-state index in [-0.39, 0.29) is 9.96 Å². The second-order valence-corrected chi connectivity index (χ2v) is 5.59. The van der Waals surface area contributed by atoms with Crippen LogP contribution in [0.4, 0.5) is 0 Å². The van der Waals surface area contributed by atoms with Gasteiger partial charge in [0.25, 0.3) is 10.0 Å². The molecule has 0 fully saturated rings. The van der Waals surface area contributed by atoms with Gasteiger partial charge in [0.15, 0.2) is 9.96 Å². The molecule has 74 valence electrons. The minimum atomic E-state index is -3.83. The summed E-state index contributed by atoms with van der Waals surface area (Å²) in [6.07, 6.45) is 0. The molecule has 0 aliphatic heterocycles. The van der Waals surface area contributed by atoms with Crippen molar-refractivity contribution in [2.45, 2.75) is 4.21 Å². The first-order chi connectivity index (χ1) is 6.50. The van der Waals surface area contributed by atoms with Gasteiger partial charge in [-0.1, -0.05) is 12.1 Å². The summed E-state index contributed by atoms with van der Waals surface area (Å²) in [5.74, 6) is -0.256. The van der Waals surface area contributed by atoms with Crippen molar-refractivity contribution in [2.24, 2.45) is 5.14 Å². The van der Waals surface area contributed by atoms with Crippen LogP contribution in [0.5, 0.6) is 5.75 Å². The number of nitrogens with two attached hydrogens (primary N) is 1. The van der Waals surface area contributed by atoms with E-state index in [0.29, 0.717) is 10.1 Å². The first-order valence-corrected chi connectivity index (χ1v) is 6.10. The van der Waals surface area contributed by atoms with E-state index in [9.17, 15) is 13.5 Å². The summed E-state index contributed by atoms with van der Waals surface area (Å²) < 4.78 is 22.6. The summed E-state index contributed by atoms with van der Waals surface area (Å²) in [6, 6.07) is 6.87. The zero-order valence-corrected chi connectivity index (χ0v) is 8.60. The number of rotatable bonds is 1. The molecule has 0 bridgehead atoms. The Hall–Kier alpha value is -1.11. The van der Waals surface area contributed by atoms with E-state index >= 15 is 0 Å². The first kappa shape index (κ1) is 9.45. The molecule has 1 heterocycles. The Kier molecular flexibility index (Phi) is 1.99. The Morgan fingerprint density at radius 1 is 1.29 bits per heavy atom. The topological polar surface area (TPSA) is 80.4 Å². The van der Waals surface area contributed by atoms with Gasteiger partial charge >= 0.3 is 0 Å². The summed E-state index contributed by atoms with van der Waals surface area (Å²) in [7, 11) is -3.83. The molecule has 0 saturated carbocycles. The van der Waals surface area contributed by atoms with Crippen LogP contribution in [0.1, 0.15) is 0 Å². The second kappa shape index (κ2) is 2.94. The van der Waals surface area contributed by atoms with E-state index in [1.165, 1.54) is 0 Å². The molecule has 0 unspecified atom stereocenters. The van der Waals surface area contributed by atoms with Crippen molar-refractivity contribution in [1.82, 2.24) is 0 Å². The highest BCUT2D eigenvalue weighted by atomic mass is 32.2. The minimum Gasteiger partial charge on any atom is -0.505 e. The summed E-state index contributed by atoms with van der Waals surface area (Å²) >= 11 is 0.968.